The van der Waals surface area contributed by atoms with Crippen LogP contribution in [0.15, 0.2) is 54.7 Å². The Kier molecular flexibility index (Phi) is 5.80. The molecule has 1 saturated heterocycles. The largest absolute Gasteiger partial charge is 0.355 e. The molecule has 0 amide bonds. The molecule has 2 aromatic heterocycles. The van der Waals surface area contributed by atoms with Crippen LogP contribution in [0.25, 0.3) is 21.7 Å². The van der Waals surface area contributed by atoms with Gasteiger partial charge in [0, 0.05) is 36.9 Å². The summed E-state index contributed by atoms with van der Waals surface area (Å²) in [6.45, 7) is 7.75. The maximum Gasteiger partial charge on any atom is 0.153 e. The standard InChI is InChI=1S/C31H37N3/c1-22-23(2)34(20-24-14-15-26-11-6-7-12-27(26)19-24)30-29(22)16-17-32-31(30)33-18-8-13-28(21-33)25-9-4-3-5-10-25/h6-7,11-12,14-17,19,25,28H,3-5,8-10,13,18,20-21H2,1-2H3. The summed E-state index contributed by atoms with van der Waals surface area (Å²) in [5.74, 6) is 2.95. The van der Waals surface area contributed by atoms with Crippen molar-refractivity contribution in [1.29, 1.82) is 0 Å². The molecule has 34 heavy (non-hydrogen) atoms. The second kappa shape index (κ2) is 9.09. The molecule has 1 saturated carbocycles. The smallest absolute Gasteiger partial charge is 0.153 e. The van der Waals surface area contributed by atoms with E-state index in [4.69, 9.17) is 4.98 Å². The van der Waals surface area contributed by atoms with E-state index < -0.39 is 0 Å². The van der Waals surface area contributed by atoms with Gasteiger partial charge in [0.2, 0.25) is 0 Å². The van der Waals surface area contributed by atoms with Crippen molar-refractivity contribution in [3.8, 4) is 0 Å². The molecule has 2 aromatic carbocycles. The molecule has 0 bridgehead atoms. The van der Waals surface area contributed by atoms with Gasteiger partial charge in [-0.15, -0.1) is 0 Å². The molecule has 1 atom stereocenters. The zero-order valence-electron chi connectivity index (χ0n) is 20.8. The van der Waals surface area contributed by atoms with Gasteiger partial charge in [-0.1, -0.05) is 68.5 Å². The van der Waals surface area contributed by atoms with Gasteiger partial charge in [0.05, 0.1) is 5.52 Å². The van der Waals surface area contributed by atoms with E-state index in [-0.39, 0.29) is 0 Å². The summed E-state index contributed by atoms with van der Waals surface area (Å²) in [5.41, 5.74) is 5.43. The zero-order valence-corrected chi connectivity index (χ0v) is 20.8. The quantitative estimate of drug-likeness (QED) is 0.318. The highest BCUT2D eigenvalue weighted by atomic mass is 15.2. The molecule has 176 valence electrons. The number of aromatic nitrogens is 2. The van der Waals surface area contributed by atoms with Crippen LogP contribution in [0.1, 0.15) is 61.8 Å². The average Bonchev–Trinajstić information content (AvgIpc) is 3.14. The molecule has 0 spiro atoms. The third kappa shape index (κ3) is 3.89. The number of aryl methyl sites for hydroxylation is 1. The van der Waals surface area contributed by atoms with Crippen molar-refractivity contribution in [3.63, 3.8) is 0 Å². The van der Waals surface area contributed by atoms with Gasteiger partial charge in [-0.25, -0.2) is 4.98 Å². The van der Waals surface area contributed by atoms with Gasteiger partial charge in [-0.05, 0) is 72.6 Å². The molecule has 2 fully saturated rings. The minimum absolute atomic E-state index is 0.831. The second-order valence-corrected chi connectivity index (χ2v) is 10.8. The number of pyridine rings is 1. The molecule has 1 aliphatic heterocycles. The van der Waals surface area contributed by atoms with E-state index in [0.717, 1.165) is 24.9 Å². The van der Waals surface area contributed by atoms with Crippen LogP contribution in [0.5, 0.6) is 0 Å². The Morgan fingerprint density at radius 2 is 1.65 bits per heavy atom. The van der Waals surface area contributed by atoms with Crippen molar-refractivity contribution < 1.29 is 0 Å². The van der Waals surface area contributed by atoms with Gasteiger partial charge in [0.25, 0.3) is 0 Å². The summed E-state index contributed by atoms with van der Waals surface area (Å²) in [4.78, 5) is 7.65. The first-order valence-corrected chi connectivity index (χ1v) is 13.4. The number of nitrogens with zero attached hydrogens (tertiary/aromatic N) is 3. The van der Waals surface area contributed by atoms with Crippen LogP contribution in [0.2, 0.25) is 0 Å². The van der Waals surface area contributed by atoms with E-state index >= 15 is 0 Å². The lowest BCUT2D eigenvalue weighted by Crippen LogP contribution is -2.39. The van der Waals surface area contributed by atoms with Crippen LogP contribution in [-0.4, -0.2) is 22.6 Å². The second-order valence-electron chi connectivity index (χ2n) is 10.8. The fourth-order valence-electron chi connectivity index (χ4n) is 6.72. The van der Waals surface area contributed by atoms with Gasteiger partial charge >= 0.3 is 0 Å². The van der Waals surface area contributed by atoms with Gasteiger partial charge in [0.1, 0.15) is 0 Å². The summed E-state index contributed by atoms with van der Waals surface area (Å²) in [6, 6.07) is 17.8. The van der Waals surface area contributed by atoms with E-state index in [1.165, 1.54) is 95.8 Å². The van der Waals surface area contributed by atoms with Gasteiger partial charge in [-0.2, -0.15) is 0 Å². The van der Waals surface area contributed by atoms with E-state index in [2.05, 4.69) is 71.8 Å². The Balaban J connectivity index is 1.38. The molecule has 3 heteroatoms. The van der Waals surface area contributed by atoms with Gasteiger partial charge in [0.15, 0.2) is 5.82 Å². The lowest BCUT2D eigenvalue weighted by Gasteiger charge is -2.39. The topological polar surface area (TPSA) is 21.1 Å². The molecule has 0 N–H and O–H groups in total. The predicted octanol–water partition coefficient (Wildman–Crippen LogP) is 7.65. The molecular formula is C31H37N3. The molecule has 3 nitrogen and oxygen atoms in total. The average molecular weight is 452 g/mol. The van der Waals surface area contributed by atoms with Crippen molar-refractivity contribution >= 4 is 27.5 Å². The summed E-state index contributed by atoms with van der Waals surface area (Å²) < 4.78 is 2.53. The molecule has 1 aliphatic carbocycles. The number of piperidine rings is 1. The van der Waals surface area contributed by atoms with Crippen LogP contribution < -0.4 is 4.90 Å². The third-order valence-electron chi connectivity index (χ3n) is 8.75. The Labute approximate surface area is 203 Å². The first-order valence-electron chi connectivity index (χ1n) is 13.4. The number of benzene rings is 2. The van der Waals surface area contributed by atoms with Gasteiger partial charge in [-0.3, -0.25) is 0 Å². The van der Waals surface area contributed by atoms with E-state index in [0.29, 0.717) is 0 Å². The summed E-state index contributed by atoms with van der Waals surface area (Å²) in [5, 5.41) is 3.99. The molecule has 4 aromatic rings. The van der Waals surface area contributed by atoms with E-state index in [1.54, 1.807) is 0 Å². The summed E-state index contributed by atoms with van der Waals surface area (Å²) in [6.07, 6.45) is 11.9. The predicted molar refractivity (Wildman–Crippen MR) is 144 cm³/mol. The van der Waals surface area contributed by atoms with Crippen LogP contribution in [-0.2, 0) is 6.54 Å². The molecule has 2 aliphatic rings. The molecule has 1 unspecified atom stereocenters. The maximum absolute atomic E-state index is 5.02. The Morgan fingerprint density at radius 1 is 0.853 bits per heavy atom. The molecule has 3 heterocycles. The lowest BCUT2D eigenvalue weighted by atomic mass is 9.76. The van der Waals surface area contributed by atoms with E-state index in [9.17, 15) is 0 Å². The Morgan fingerprint density at radius 3 is 2.50 bits per heavy atom. The number of anilines is 1. The zero-order chi connectivity index (χ0) is 23.1. The highest BCUT2D eigenvalue weighted by Crippen LogP contribution is 2.38. The van der Waals surface area contributed by atoms with Crippen LogP contribution in [0, 0.1) is 25.7 Å². The fourth-order valence-corrected chi connectivity index (χ4v) is 6.72. The molecule has 0 radical (unpaired) electrons. The van der Waals surface area contributed by atoms with Crippen molar-refractivity contribution in [1.82, 2.24) is 9.55 Å². The number of hydrogen-bond donors (Lipinski definition) is 0. The van der Waals surface area contributed by atoms with E-state index in [1.807, 2.05) is 6.20 Å². The fraction of sp³-hybridized carbons (Fsp3) is 0.452. The number of fused-ring (bicyclic) bond motifs is 2. The SMILES string of the molecule is Cc1c(C)n(Cc2ccc3ccccc3c2)c2c(N3CCCC(C4CCCCC4)C3)nccc12. The first kappa shape index (κ1) is 21.7. The molecular weight excluding hydrogens is 414 g/mol. The summed E-state index contributed by atoms with van der Waals surface area (Å²) in [7, 11) is 0. The number of hydrogen-bond acceptors (Lipinski definition) is 2. The monoisotopic (exact) mass is 451 g/mol. The van der Waals surface area contributed by atoms with Crippen molar-refractivity contribution in [2.75, 3.05) is 18.0 Å². The first-order chi connectivity index (χ1) is 16.7. The van der Waals surface area contributed by atoms with Crippen LogP contribution in [0.4, 0.5) is 5.82 Å². The summed E-state index contributed by atoms with van der Waals surface area (Å²) >= 11 is 0. The van der Waals surface area contributed by atoms with Crippen molar-refractivity contribution in [3.05, 3.63) is 71.5 Å². The Hall–Kier alpha value is -2.81. The normalized spacial score (nSPS) is 19.8. The van der Waals surface area contributed by atoms with Crippen molar-refractivity contribution in [2.45, 2.75) is 65.3 Å². The van der Waals surface area contributed by atoms with Crippen LogP contribution >= 0.6 is 0 Å². The van der Waals surface area contributed by atoms with Gasteiger partial charge < -0.3 is 9.47 Å². The van der Waals surface area contributed by atoms with Crippen LogP contribution in [0.3, 0.4) is 0 Å². The maximum atomic E-state index is 5.02. The highest BCUT2D eigenvalue weighted by molar-refractivity contribution is 5.93. The highest BCUT2D eigenvalue weighted by Gasteiger charge is 2.30. The minimum atomic E-state index is 0.831. The lowest BCUT2D eigenvalue weighted by molar-refractivity contribution is 0.220. The third-order valence-corrected chi connectivity index (χ3v) is 8.75. The van der Waals surface area contributed by atoms with Crippen molar-refractivity contribution in [2.24, 2.45) is 11.8 Å². The number of rotatable bonds is 4. The minimum Gasteiger partial charge on any atom is -0.355 e. The Bertz CT molecular complexity index is 1310. The molecule has 6 rings (SSSR count).